The molecule has 4 nitrogen and oxygen atoms in total. The zero-order valence-electron chi connectivity index (χ0n) is 12.9. The molecule has 2 aromatic carbocycles. The lowest BCUT2D eigenvalue weighted by Crippen LogP contribution is -2.31. The van der Waals surface area contributed by atoms with Gasteiger partial charge in [0.25, 0.3) is 0 Å². The van der Waals surface area contributed by atoms with Crippen LogP contribution in [0.25, 0.3) is 0 Å². The number of amides is 2. The molecule has 0 aromatic heterocycles. The maximum absolute atomic E-state index is 12.9. The van der Waals surface area contributed by atoms with Gasteiger partial charge in [0, 0.05) is 23.6 Å². The lowest BCUT2D eigenvalue weighted by Gasteiger charge is -2.12. The van der Waals surface area contributed by atoms with E-state index in [1.165, 1.54) is 12.1 Å². The highest BCUT2D eigenvalue weighted by Crippen LogP contribution is 2.33. The van der Waals surface area contributed by atoms with Crippen molar-refractivity contribution in [3.8, 4) is 0 Å². The predicted octanol–water partition coefficient (Wildman–Crippen LogP) is 3.19. The number of fused-ring (bicyclic) bond motifs is 1. The van der Waals surface area contributed by atoms with E-state index in [0.717, 1.165) is 16.1 Å². The van der Waals surface area contributed by atoms with Crippen molar-refractivity contribution >= 4 is 29.3 Å². The Kier molecular flexibility index (Phi) is 5.15. The van der Waals surface area contributed by atoms with Crippen LogP contribution in [0.4, 0.5) is 10.1 Å². The van der Waals surface area contributed by atoms with Gasteiger partial charge in [0.15, 0.2) is 0 Å². The molecule has 0 saturated heterocycles. The molecule has 1 aliphatic heterocycles. The van der Waals surface area contributed by atoms with Crippen molar-refractivity contribution in [3.05, 3.63) is 59.9 Å². The first-order valence-corrected chi connectivity index (χ1v) is 8.64. The van der Waals surface area contributed by atoms with Crippen LogP contribution in [0.2, 0.25) is 0 Å². The van der Waals surface area contributed by atoms with E-state index in [0.29, 0.717) is 12.3 Å². The first kappa shape index (κ1) is 16.5. The number of halogens is 1. The summed E-state index contributed by atoms with van der Waals surface area (Å²) in [5, 5.41) is 5.65. The Labute approximate surface area is 143 Å². The van der Waals surface area contributed by atoms with Crippen molar-refractivity contribution < 1.29 is 14.0 Å². The van der Waals surface area contributed by atoms with Gasteiger partial charge < -0.3 is 10.6 Å². The number of hydrogen-bond acceptors (Lipinski definition) is 3. The number of thioether (sulfide) groups is 1. The van der Waals surface area contributed by atoms with Crippen LogP contribution in [0.3, 0.4) is 0 Å². The number of carbonyl (C=O) groups excluding carboxylic acids is 2. The molecule has 0 aliphatic carbocycles. The Morgan fingerprint density at radius 1 is 1.21 bits per heavy atom. The third-order valence-corrected chi connectivity index (χ3v) is 5.03. The summed E-state index contributed by atoms with van der Waals surface area (Å²) in [6.07, 6.45) is 0.133. The Hall–Kier alpha value is -2.34. The molecule has 1 aliphatic rings. The van der Waals surface area contributed by atoms with E-state index in [1.54, 1.807) is 23.9 Å². The summed E-state index contributed by atoms with van der Waals surface area (Å²) >= 11 is 1.57. The Bertz CT molecular complexity index is 749. The van der Waals surface area contributed by atoms with Gasteiger partial charge in [-0.25, -0.2) is 4.39 Å². The molecule has 2 aromatic rings. The third kappa shape index (κ3) is 4.14. The molecule has 2 N–H and O–H groups in total. The fourth-order valence-electron chi connectivity index (χ4n) is 2.45. The van der Waals surface area contributed by atoms with Crippen LogP contribution in [0, 0.1) is 11.7 Å². The number of rotatable bonds is 4. The summed E-state index contributed by atoms with van der Waals surface area (Å²) in [5.74, 6) is -0.449. The van der Waals surface area contributed by atoms with Crippen LogP contribution in [0.1, 0.15) is 12.0 Å². The average molecular weight is 344 g/mol. The van der Waals surface area contributed by atoms with E-state index >= 15 is 0 Å². The Balaban J connectivity index is 1.55. The van der Waals surface area contributed by atoms with Crippen LogP contribution in [-0.2, 0) is 16.1 Å². The topological polar surface area (TPSA) is 58.2 Å². The molecule has 0 fully saturated rings. The van der Waals surface area contributed by atoms with Gasteiger partial charge in [-0.2, -0.15) is 0 Å². The van der Waals surface area contributed by atoms with Gasteiger partial charge in [-0.1, -0.05) is 24.3 Å². The standard InChI is InChI=1S/C18H17FN2O2S/c19-14-7-5-12(6-8-14)10-20-17(22)9-13-11-24-16-4-2-1-3-15(16)21-18(13)23/h1-8,13H,9-11H2,(H,20,22)(H,21,23). The van der Waals surface area contributed by atoms with Gasteiger partial charge in [0.1, 0.15) is 5.82 Å². The molecule has 0 bridgehead atoms. The van der Waals surface area contributed by atoms with Gasteiger partial charge in [0.2, 0.25) is 11.8 Å². The fourth-order valence-corrected chi connectivity index (χ4v) is 3.55. The summed E-state index contributed by atoms with van der Waals surface area (Å²) in [6, 6.07) is 13.6. The molecule has 6 heteroatoms. The maximum atomic E-state index is 12.9. The van der Waals surface area contributed by atoms with E-state index in [9.17, 15) is 14.0 Å². The number of para-hydroxylation sites is 1. The fraction of sp³-hybridized carbons (Fsp3) is 0.222. The lowest BCUT2D eigenvalue weighted by molar-refractivity contribution is -0.126. The zero-order valence-corrected chi connectivity index (χ0v) is 13.7. The van der Waals surface area contributed by atoms with Crippen LogP contribution < -0.4 is 10.6 Å². The Morgan fingerprint density at radius 3 is 2.75 bits per heavy atom. The summed E-state index contributed by atoms with van der Waals surface area (Å²) in [4.78, 5) is 25.4. The highest BCUT2D eigenvalue weighted by Gasteiger charge is 2.26. The van der Waals surface area contributed by atoms with Gasteiger partial charge in [-0.3, -0.25) is 9.59 Å². The number of hydrogen-bond donors (Lipinski definition) is 2. The maximum Gasteiger partial charge on any atom is 0.228 e. The monoisotopic (exact) mass is 344 g/mol. The molecule has 24 heavy (non-hydrogen) atoms. The number of nitrogens with one attached hydrogen (secondary N) is 2. The second-order valence-corrected chi connectivity index (χ2v) is 6.66. The number of benzene rings is 2. The van der Waals surface area contributed by atoms with E-state index in [2.05, 4.69) is 10.6 Å². The van der Waals surface area contributed by atoms with Gasteiger partial charge >= 0.3 is 0 Å². The predicted molar refractivity (Wildman–Crippen MR) is 92.1 cm³/mol. The number of carbonyl (C=O) groups is 2. The van der Waals surface area contributed by atoms with Crippen molar-refractivity contribution in [2.45, 2.75) is 17.9 Å². The van der Waals surface area contributed by atoms with Crippen molar-refractivity contribution in [3.63, 3.8) is 0 Å². The Morgan fingerprint density at radius 2 is 1.96 bits per heavy atom. The minimum Gasteiger partial charge on any atom is -0.352 e. The third-order valence-electron chi connectivity index (χ3n) is 3.79. The second kappa shape index (κ2) is 7.49. The normalized spacial score (nSPS) is 16.7. The molecular formula is C18H17FN2O2S. The van der Waals surface area contributed by atoms with Crippen molar-refractivity contribution in [1.29, 1.82) is 0 Å². The van der Waals surface area contributed by atoms with E-state index in [4.69, 9.17) is 0 Å². The highest BCUT2D eigenvalue weighted by molar-refractivity contribution is 7.99. The smallest absolute Gasteiger partial charge is 0.228 e. The van der Waals surface area contributed by atoms with Crippen LogP contribution in [0.5, 0.6) is 0 Å². The van der Waals surface area contributed by atoms with Gasteiger partial charge in [-0.15, -0.1) is 11.8 Å². The minimum absolute atomic E-state index is 0.133. The molecule has 124 valence electrons. The highest BCUT2D eigenvalue weighted by atomic mass is 32.2. The lowest BCUT2D eigenvalue weighted by atomic mass is 10.1. The second-order valence-electron chi connectivity index (χ2n) is 5.60. The van der Waals surface area contributed by atoms with E-state index in [-0.39, 0.29) is 30.0 Å². The van der Waals surface area contributed by atoms with Crippen LogP contribution in [0.15, 0.2) is 53.4 Å². The molecule has 0 spiro atoms. The van der Waals surface area contributed by atoms with Crippen LogP contribution >= 0.6 is 11.8 Å². The number of anilines is 1. The SMILES string of the molecule is O=C(CC1CSc2ccccc2NC1=O)NCc1ccc(F)cc1. The van der Waals surface area contributed by atoms with Crippen molar-refractivity contribution in [1.82, 2.24) is 5.32 Å². The molecule has 1 atom stereocenters. The van der Waals surface area contributed by atoms with E-state index in [1.807, 2.05) is 24.3 Å². The summed E-state index contributed by atoms with van der Waals surface area (Å²) in [7, 11) is 0. The first-order chi connectivity index (χ1) is 11.6. The van der Waals surface area contributed by atoms with E-state index < -0.39 is 0 Å². The minimum atomic E-state index is -0.379. The molecule has 0 radical (unpaired) electrons. The summed E-state index contributed by atoms with van der Waals surface area (Å²) in [5.41, 5.74) is 1.61. The largest absolute Gasteiger partial charge is 0.352 e. The molecule has 0 saturated carbocycles. The molecule has 1 heterocycles. The van der Waals surface area contributed by atoms with Crippen LogP contribution in [-0.4, -0.2) is 17.6 Å². The molecule has 2 amide bonds. The van der Waals surface area contributed by atoms with Crippen molar-refractivity contribution in [2.75, 3.05) is 11.1 Å². The first-order valence-electron chi connectivity index (χ1n) is 7.65. The average Bonchev–Trinajstić information content (AvgIpc) is 2.74. The van der Waals surface area contributed by atoms with Crippen molar-refractivity contribution in [2.24, 2.45) is 5.92 Å². The molecular weight excluding hydrogens is 327 g/mol. The summed E-state index contributed by atoms with van der Waals surface area (Å²) < 4.78 is 12.9. The molecule has 1 unspecified atom stereocenters. The quantitative estimate of drug-likeness (QED) is 0.895. The van der Waals surface area contributed by atoms with Gasteiger partial charge in [0.05, 0.1) is 11.6 Å². The molecule has 3 rings (SSSR count). The zero-order chi connectivity index (χ0) is 16.9. The summed E-state index contributed by atoms with van der Waals surface area (Å²) in [6.45, 7) is 0.320. The van der Waals surface area contributed by atoms with Gasteiger partial charge in [-0.05, 0) is 29.8 Å².